The van der Waals surface area contributed by atoms with Gasteiger partial charge in [0.15, 0.2) is 0 Å². The summed E-state index contributed by atoms with van der Waals surface area (Å²) in [6.45, 7) is 1.00. The second kappa shape index (κ2) is 4.31. The molecule has 0 spiro atoms. The molecule has 90 valence electrons. The van der Waals surface area contributed by atoms with Gasteiger partial charge in [-0.2, -0.15) is 4.98 Å². The maximum atomic E-state index is 9.85. The van der Waals surface area contributed by atoms with Crippen LogP contribution < -0.4 is 0 Å². The minimum atomic E-state index is -0.472. The van der Waals surface area contributed by atoms with Crippen LogP contribution in [0.25, 0.3) is 11.5 Å². The number of aliphatic hydroxyl groups excluding tert-OH is 1. The lowest BCUT2D eigenvalue weighted by Gasteiger charge is -2.24. The first-order chi connectivity index (χ1) is 8.34. The molecule has 1 saturated heterocycles. The molecule has 1 fully saturated rings. The lowest BCUT2D eigenvalue weighted by Crippen LogP contribution is -2.30. The van der Waals surface area contributed by atoms with E-state index in [1.54, 1.807) is 6.20 Å². The molecule has 2 aromatic rings. The summed E-state index contributed by atoms with van der Waals surface area (Å²) in [6, 6.07) is 3.73. The standard InChI is InChI=1S/C11H13N3O3/c15-9-3-5-16-6-7(9)11-13-10(14-17-11)8-2-1-4-12-8/h1-2,4,7,9,12,15H,3,5-6H2. The minimum Gasteiger partial charge on any atom is -0.392 e. The second-order valence-corrected chi connectivity index (χ2v) is 4.08. The summed E-state index contributed by atoms with van der Waals surface area (Å²) < 4.78 is 10.5. The van der Waals surface area contributed by atoms with Crippen LogP contribution in [0.15, 0.2) is 22.9 Å². The summed E-state index contributed by atoms with van der Waals surface area (Å²) in [5.41, 5.74) is 0.797. The quantitative estimate of drug-likeness (QED) is 0.808. The van der Waals surface area contributed by atoms with Crippen molar-refractivity contribution in [1.82, 2.24) is 15.1 Å². The van der Waals surface area contributed by atoms with E-state index < -0.39 is 6.10 Å². The van der Waals surface area contributed by atoms with Gasteiger partial charge in [-0.1, -0.05) is 5.16 Å². The van der Waals surface area contributed by atoms with E-state index in [2.05, 4.69) is 15.1 Å². The van der Waals surface area contributed by atoms with Crippen LogP contribution in [0.5, 0.6) is 0 Å². The summed E-state index contributed by atoms with van der Waals surface area (Å²) >= 11 is 0. The Hall–Kier alpha value is -1.66. The highest BCUT2D eigenvalue weighted by molar-refractivity contribution is 5.47. The van der Waals surface area contributed by atoms with Gasteiger partial charge in [0.25, 0.3) is 0 Å². The van der Waals surface area contributed by atoms with E-state index in [-0.39, 0.29) is 5.92 Å². The number of ether oxygens (including phenoxy) is 1. The fraction of sp³-hybridized carbons (Fsp3) is 0.455. The van der Waals surface area contributed by atoms with Crippen molar-refractivity contribution in [1.29, 1.82) is 0 Å². The second-order valence-electron chi connectivity index (χ2n) is 4.08. The average molecular weight is 235 g/mol. The third-order valence-electron chi connectivity index (χ3n) is 2.92. The van der Waals surface area contributed by atoms with Gasteiger partial charge < -0.3 is 19.4 Å². The van der Waals surface area contributed by atoms with Crippen LogP contribution in [-0.2, 0) is 4.74 Å². The third kappa shape index (κ3) is 1.96. The first-order valence-corrected chi connectivity index (χ1v) is 5.58. The highest BCUT2D eigenvalue weighted by Gasteiger charge is 2.30. The van der Waals surface area contributed by atoms with Crippen LogP contribution in [0.3, 0.4) is 0 Å². The molecular formula is C11H13N3O3. The molecule has 0 aromatic carbocycles. The Labute approximate surface area is 97.6 Å². The number of aromatic amines is 1. The van der Waals surface area contributed by atoms with Crippen molar-refractivity contribution in [2.75, 3.05) is 13.2 Å². The smallest absolute Gasteiger partial charge is 0.235 e. The van der Waals surface area contributed by atoms with E-state index >= 15 is 0 Å². The van der Waals surface area contributed by atoms with Crippen LogP contribution in [0.2, 0.25) is 0 Å². The lowest BCUT2D eigenvalue weighted by atomic mass is 9.99. The number of hydrogen-bond donors (Lipinski definition) is 2. The Bertz CT molecular complexity index is 480. The van der Waals surface area contributed by atoms with Gasteiger partial charge in [0.2, 0.25) is 11.7 Å². The molecule has 6 heteroatoms. The largest absolute Gasteiger partial charge is 0.392 e. The van der Waals surface area contributed by atoms with Gasteiger partial charge in [-0.15, -0.1) is 0 Å². The van der Waals surface area contributed by atoms with Crippen molar-refractivity contribution in [3.63, 3.8) is 0 Å². The molecule has 0 aliphatic carbocycles. The zero-order valence-electron chi connectivity index (χ0n) is 9.17. The molecule has 0 bridgehead atoms. The summed E-state index contributed by atoms with van der Waals surface area (Å²) in [6.07, 6.45) is 1.93. The van der Waals surface area contributed by atoms with Crippen molar-refractivity contribution in [3.05, 3.63) is 24.2 Å². The number of nitrogens with zero attached hydrogens (tertiary/aromatic N) is 2. The molecule has 0 saturated carbocycles. The zero-order chi connectivity index (χ0) is 11.7. The van der Waals surface area contributed by atoms with E-state index in [0.29, 0.717) is 31.3 Å². The van der Waals surface area contributed by atoms with Crippen LogP contribution in [0.4, 0.5) is 0 Å². The highest BCUT2D eigenvalue weighted by Crippen LogP contribution is 2.26. The fourth-order valence-corrected chi connectivity index (χ4v) is 1.93. The molecule has 3 rings (SSSR count). The van der Waals surface area contributed by atoms with Crippen LogP contribution in [0, 0.1) is 0 Å². The van der Waals surface area contributed by atoms with Gasteiger partial charge in [-0.3, -0.25) is 0 Å². The Morgan fingerprint density at radius 3 is 3.18 bits per heavy atom. The number of rotatable bonds is 2. The van der Waals surface area contributed by atoms with Crippen LogP contribution in [0.1, 0.15) is 18.2 Å². The van der Waals surface area contributed by atoms with Gasteiger partial charge in [-0.25, -0.2) is 0 Å². The number of hydrogen-bond acceptors (Lipinski definition) is 5. The van der Waals surface area contributed by atoms with E-state index in [4.69, 9.17) is 9.26 Å². The predicted octanol–water partition coefficient (Wildman–Crippen LogP) is 0.929. The topological polar surface area (TPSA) is 84.2 Å². The molecule has 3 heterocycles. The molecule has 1 aliphatic heterocycles. The van der Waals surface area contributed by atoms with Crippen molar-refractivity contribution in [3.8, 4) is 11.5 Å². The number of aromatic nitrogens is 3. The van der Waals surface area contributed by atoms with E-state index in [1.165, 1.54) is 0 Å². The molecule has 1 aliphatic rings. The first-order valence-electron chi connectivity index (χ1n) is 5.58. The van der Waals surface area contributed by atoms with Gasteiger partial charge in [0.05, 0.1) is 24.3 Å². The molecule has 2 aromatic heterocycles. The normalized spacial score (nSPS) is 25.0. The molecule has 0 radical (unpaired) electrons. The van der Waals surface area contributed by atoms with Crippen molar-refractivity contribution >= 4 is 0 Å². The van der Waals surface area contributed by atoms with E-state index in [0.717, 1.165) is 5.69 Å². The summed E-state index contributed by atoms with van der Waals surface area (Å²) in [5, 5.41) is 13.7. The number of H-pyrrole nitrogens is 1. The van der Waals surface area contributed by atoms with Gasteiger partial charge in [-0.05, 0) is 18.6 Å². The first kappa shape index (κ1) is 10.5. The van der Waals surface area contributed by atoms with Crippen molar-refractivity contribution in [2.45, 2.75) is 18.4 Å². The molecule has 0 amide bonds. The summed E-state index contributed by atoms with van der Waals surface area (Å²) in [4.78, 5) is 7.28. The van der Waals surface area contributed by atoms with Crippen molar-refractivity contribution in [2.24, 2.45) is 0 Å². The van der Waals surface area contributed by atoms with Gasteiger partial charge in [0, 0.05) is 12.8 Å². The lowest BCUT2D eigenvalue weighted by molar-refractivity contribution is -0.0149. The highest BCUT2D eigenvalue weighted by atomic mass is 16.5. The Morgan fingerprint density at radius 1 is 1.47 bits per heavy atom. The predicted molar refractivity (Wildman–Crippen MR) is 58.3 cm³/mol. The molecule has 6 nitrogen and oxygen atoms in total. The summed E-state index contributed by atoms with van der Waals surface area (Å²) in [5.74, 6) is 0.713. The van der Waals surface area contributed by atoms with Crippen molar-refractivity contribution < 1.29 is 14.4 Å². The maximum Gasteiger partial charge on any atom is 0.235 e. The average Bonchev–Trinajstić information content (AvgIpc) is 3.00. The Morgan fingerprint density at radius 2 is 2.41 bits per heavy atom. The third-order valence-corrected chi connectivity index (χ3v) is 2.92. The monoisotopic (exact) mass is 235 g/mol. The van der Waals surface area contributed by atoms with Gasteiger partial charge in [0.1, 0.15) is 0 Å². The molecule has 2 N–H and O–H groups in total. The molecule has 2 unspecified atom stereocenters. The maximum absolute atomic E-state index is 9.85. The number of aliphatic hydroxyl groups is 1. The van der Waals surface area contributed by atoms with Gasteiger partial charge >= 0.3 is 0 Å². The zero-order valence-corrected chi connectivity index (χ0v) is 9.17. The summed E-state index contributed by atoms with van der Waals surface area (Å²) in [7, 11) is 0. The van der Waals surface area contributed by atoms with Crippen LogP contribution in [-0.4, -0.2) is 39.5 Å². The van der Waals surface area contributed by atoms with E-state index in [9.17, 15) is 5.11 Å². The minimum absolute atomic E-state index is 0.222. The molecule has 2 atom stereocenters. The molecular weight excluding hydrogens is 222 g/mol. The fourth-order valence-electron chi connectivity index (χ4n) is 1.93. The Balaban J connectivity index is 1.84. The Kier molecular flexibility index (Phi) is 2.66. The molecule has 17 heavy (non-hydrogen) atoms. The number of nitrogens with one attached hydrogen (secondary N) is 1. The van der Waals surface area contributed by atoms with E-state index in [1.807, 2.05) is 12.1 Å². The SMILES string of the molecule is OC1CCOCC1c1nc(-c2ccc[nH]2)no1. The van der Waals surface area contributed by atoms with Crippen LogP contribution >= 0.6 is 0 Å².